The maximum absolute atomic E-state index is 13.1. The molecule has 2 N–H and O–H groups in total. The summed E-state index contributed by atoms with van der Waals surface area (Å²) in [7, 11) is 1.64. The molecule has 1 aliphatic carbocycles. The number of hydrogen-bond acceptors (Lipinski definition) is 9. The van der Waals surface area contributed by atoms with Crippen molar-refractivity contribution in [3.63, 3.8) is 0 Å². The fourth-order valence-corrected chi connectivity index (χ4v) is 4.42. The van der Waals surface area contributed by atoms with Gasteiger partial charge in [0.1, 0.15) is 19.0 Å². The number of morpholine rings is 1. The predicted molar refractivity (Wildman–Crippen MR) is 129 cm³/mol. The van der Waals surface area contributed by atoms with Gasteiger partial charge in [-0.25, -0.2) is 4.98 Å². The summed E-state index contributed by atoms with van der Waals surface area (Å²) in [4.78, 5) is 19.7. The van der Waals surface area contributed by atoms with E-state index in [0.717, 1.165) is 16.9 Å². The molecule has 2 aliphatic heterocycles. The minimum Gasteiger partial charge on any atom is -0.485 e. The number of rotatable bonds is 7. The van der Waals surface area contributed by atoms with Crippen LogP contribution in [-0.4, -0.2) is 75.6 Å². The van der Waals surface area contributed by atoms with E-state index in [0.29, 0.717) is 93.2 Å². The first kappa shape index (κ1) is 23.0. The number of fused-ring (bicyclic) bond motifs is 2. The SMILES string of the molecule is COCCNc1cc(Nc2ccc(C(=O)N3CCOCC3)c3c2OCCO3)nc2c1C(C#N)=CC2. The van der Waals surface area contributed by atoms with Gasteiger partial charge in [0.2, 0.25) is 0 Å². The van der Waals surface area contributed by atoms with Gasteiger partial charge in [-0.2, -0.15) is 5.26 Å². The van der Waals surface area contributed by atoms with Gasteiger partial charge in [-0.1, -0.05) is 6.08 Å². The third-order valence-corrected chi connectivity index (χ3v) is 6.09. The number of carbonyl (C=O) groups is 1. The number of amides is 1. The van der Waals surface area contributed by atoms with Crippen molar-refractivity contribution in [2.24, 2.45) is 0 Å². The van der Waals surface area contributed by atoms with Crippen LogP contribution in [0.5, 0.6) is 11.5 Å². The Hall–Kier alpha value is -3.81. The molecule has 0 atom stereocenters. The minimum atomic E-state index is -0.100. The van der Waals surface area contributed by atoms with Gasteiger partial charge in [0.15, 0.2) is 11.5 Å². The number of anilines is 3. The zero-order chi connectivity index (χ0) is 24.2. The van der Waals surface area contributed by atoms with Gasteiger partial charge < -0.3 is 34.5 Å². The molecule has 3 aliphatic rings. The lowest BCUT2D eigenvalue weighted by atomic mass is 10.1. The van der Waals surface area contributed by atoms with Crippen LogP contribution in [0.3, 0.4) is 0 Å². The van der Waals surface area contributed by atoms with Crippen LogP contribution in [0, 0.1) is 11.3 Å². The minimum absolute atomic E-state index is 0.100. The Kier molecular flexibility index (Phi) is 6.70. The maximum Gasteiger partial charge on any atom is 0.257 e. The second kappa shape index (κ2) is 10.2. The number of nitrogens with one attached hydrogen (secondary N) is 2. The number of methoxy groups -OCH3 is 1. The normalized spacial score (nSPS) is 16.2. The topological polar surface area (TPSA) is 118 Å². The molecule has 0 spiro atoms. The zero-order valence-electron chi connectivity index (χ0n) is 19.6. The van der Waals surface area contributed by atoms with Gasteiger partial charge >= 0.3 is 0 Å². The molecule has 2 aromatic rings. The number of carbonyl (C=O) groups excluding carboxylic acids is 1. The van der Waals surface area contributed by atoms with E-state index in [1.54, 1.807) is 18.1 Å². The van der Waals surface area contributed by atoms with Crippen molar-refractivity contribution < 1.29 is 23.7 Å². The molecule has 1 amide bonds. The quantitative estimate of drug-likeness (QED) is 0.580. The highest BCUT2D eigenvalue weighted by molar-refractivity contribution is 5.99. The standard InChI is InChI=1S/C25H27N5O5/c1-32-9-6-27-20-14-21(28-18-4-2-16(15-26)22(18)20)29-19-5-3-17(23-24(19)35-13-12-34-23)25(31)30-7-10-33-11-8-30/h2-3,5,14H,4,6-13H2,1H3,(H2,27,28,29). The molecule has 5 rings (SSSR count). The second-order valence-electron chi connectivity index (χ2n) is 8.28. The van der Waals surface area contributed by atoms with E-state index >= 15 is 0 Å². The molecule has 182 valence electrons. The molecule has 0 unspecified atom stereocenters. The van der Waals surface area contributed by atoms with E-state index in [1.165, 1.54) is 0 Å². The van der Waals surface area contributed by atoms with Crippen molar-refractivity contribution in [1.82, 2.24) is 9.88 Å². The van der Waals surface area contributed by atoms with Crippen LogP contribution in [0.4, 0.5) is 17.2 Å². The smallest absolute Gasteiger partial charge is 0.257 e. The number of pyridine rings is 1. The lowest BCUT2D eigenvalue weighted by molar-refractivity contribution is 0.0298. The highest BCUT2D eigenvalue weighted by Gasteiger charge is 2.28. The Morgan fingerprint density at radius 3 is 2.74 bits per heavy atom. The van der Waals surface area contributed by atoms with Crippen LogP contribution >= 0.6 is 0 Å². The number of hydrogen-bond donors (Lipinski definition) is 2. The third kappa shape index (κ3) is 4.60. The van der Waals surface area contributed by atoms with Crippen LogP contribution in [0.1, 0.15) is 21.6 Å². The lowest BCUT2D eigenvalue weighted by Gasteiger charge is -2.29. The van der Waals surface area contributed by atoms with Crippen molar-refractivity contribution in [1.29, 1.82) is 5.26 Å². The summed E-state index contributed by atoms with van der Waals surface area (Å²) < 4.78 is 22.4. The monoisotopic (exact) mass is 477 g/mol. The van der Waals surface area contributed by atoms with E-state index < -0.39 is 0 Å². The molecule has 3 heterocycles. The molecule has 0 saturated carbocycles. The van der Waals surface area contributed by atoms with Gasteiger partial charge in [-0.3, -0.25) is 4.79 Å². The fraction of sp³-hybridized carbons (Fsp3) is 0.400. The third-order valence-electron chi connectivity index (χ3n) is 6.09. The zero-order valence-corrected chi connectivity index (χ0v) is 19.6. The number of allylic oxidation sites excluding steroid dienone is 2. The van der Waals surface area contributed by atoms with Crippen molar-refractivity contribution in [3.05, 3.63) is 41.1 Å². The summed E-state index contributed by atoms with van der Waals surface area (Å²) in [6, 6.07) is 7.69. The molecule has 0 bridgehead atoms. The van der Waals surface area contributed by atoms with E-state index in [-0.39, 0.29) is 5.91 Å². The van der Waals surface area contributed by atoms with E-state index in [9.17, 15) is 10.1 Å². The average molecular weight is 478 g/mol. The summed E-state index contributed by atoms with van der Waals surface area (Å²) in [5, 5.41) is 16.2. The largest absolute Gasteiger partial charge is 0.485 e. The molecule has 1 saturated heterocycles. The summed E-state index contributed by atoms with van der Waals surface area (Å²) in [6.07, 6.45) is 2.46. The molecule has 1 aromatic heterocycles. The van der Waals surface area contributed by atoms with Gasteiger partial charge in [0, 0.05) is 50.5 Å². The van der Waals surface area contributed by atoms with Gasteiger partial charge in [-0.05, 0) is 12.1 Å². The van der Waals surface area contributed by atoms with Crippen LogP contribution < -0.4 is 20.1 Å². The van der Waals surface area contributed by atoms with Gasteiger partial charge in [0.25, 0.3) is 5.91 Å². The van der Waals surface area contributed by atoms with E-state index in [1.807, 2.05) is 18.2 Å². The van der Waals surface area contributed by atoms with E-state index in [2.05, 4.69) is 16.7 Å². The summed E-state index contributed by atoms with van der Waals surface area (Å²) in [5.74, 6) is 1.42. The molecule has 35 heavy (non-hydrogen) atoms. The van der Waals surface area contributed by atoms with Crippen molar-refractivity contribution in [2.75, 3.05) is 70.4 Å². The maximum atomic E-state index is 13.1. The Bertz CT molecular complexity index is 1200. The van der Waals surface area contributed by atoms with Crippen LogP contribution in [0.25, 0.3) is 5.57 Å². The number of benzene rings is 1. The van der Waals surface area contributed by atoms with Crippen LogP contribution in [0.15, 0.2) is 24.3 Å². The Labute approximate surface area is 203 Å². The predicted octanol–water partition coefficient (Wildman–Crippen LogP) is 2.59. The summed E-state index contributed by atoms with van der Waals surface area (Å²) >= 11 is 0. The molecule has 10 nitrogen and oxygen atoms in total. The van der Waals surface area contributed by atoms with Crippen LogP contribution in [0.2, 0.25) is 0 Å². The molecule has 1 aromatic carbocycles. The van der Waals surface area contributed by atoms with Gasteiger partial charge in [0.05, 0.1) is 48.4 Å². The molecular weight excluding hydrogens is 450 g/mol. The second-order valence-corrected chi connectivity index (χ2v) is 8.28. The Morgan fingerprint density at radius 2 is 1.97 bits per heavy atom. The highest BCUT2D eigenvalue weighted by atomic mass is 16.6. The summed E-state index contributed by atoms with van der Waals surface area (Å²) in [5.41, 5.74) is 4.18. The highest BCUT2D eigenvalue weighted by Crippen LogP contribution is 2.43. The van der Waals surface area contributed by atoms with Gasteiger partial charge in [-0.15, -0.1) is 0 Å². The summed E-state index contributed by atoms with van der Waals surface area (Å²) in [6.45, 7) is 4.02. The first-order valence-corrected chi connectivity index (χ1v) is 11.6. The first-order chi connectivity index (χ1) is 17.2. The molecular formula is C25H27N5O5. The van der Waals surface area contributed by atoms with Crippen molar-refractivity contribution in [3.8, 4) is 17.6 Å². The van der Waals surface area contributed by atoms with Crippen molar-refractivity contribution in [2.45, 2.75) is 6.42 Å². The average Bonchev–Trinajstić information content (AvgIpc) is 3.32. The molecule has 1 fully saturated rings. The fourth-order valence-electron chi connectivity index (χ4n) is 4.42. The van der Waals surface area contributed by atoms with Crippen LogP contribution in [-0.2, 0) is 15.9 Å². The first-order valence-electron chi connectivity index (χ1n) is 11.6. The number of nitrogens with zero attached hydrogens (tertiary/aromatic N) is 3. The Balaban J connectivity index is 1.46. The molecule has 0 radical (unpaired) electrons. The van der Waals surface area contributed by atoms with E-state index in [4.69, 9.17) is 23.9 Å². The van der Waals surface area contributed by atoms with Crippen molar-refractivity contribution >= 4 is 28.7 Å². The molecule has 10 heteroatoms. The number of aromatic nitrogens is 1. The number of ether oxygens (including phenoxy) is 4. The Morgan fingerprint density at radius 1 is 1.17 bits per heavy atom. The number of nitriles is 1. The lowest BCUT2D eigenvalue weighted by Crippen LogP contribution is -2.41.